The largest absolute Gasteiger partial charge is 0.456 e. The maximum absolute atomic E-state index is 13.6. The molecule has 3 heteroatoms. The van der Waals surface area contributed by atoms with Crippen LogP contribution in [0.5, 0.6) is 0 Å². The maximum Gasteiger partial charge on any atom is 0.135 e. The summed E-state index contributed by atoms with van der Waals surface area (Å²) in [7, 11) is 0. The lowest BCUT2D eigenvalue weighted by atomic mass is 9.98. The number of benzene rings is 3. The number of aromatic nitrogens is 1. The number of halogens is 1. The summed E-state index contributed by atoms with van der Waals surface area (Å²) in [5.74, 6) is -0.290. The van der Waals surface area contributed by atoms with Crippen LogP contribution < -0.4 is 0 Å². The van der Waals surface area contributed by atoms with Crippen LogP contribution in [0.25, 0.3) is 33.2 Å². The second-order valence-corrected chi connectivity index (χ2v) is 6.62. The van der Waals surface area contributed by atoms with Crippen LogP contribution in [0.1, 0.15) is 11.1 Å². The van der Waals surface area contributed by atoms with Crippen molar-refractivity contribution in [3.8, 4) is 11.3 Å². The highest BCUT2D eigenvalue weighted by Crippen LogP contribution is 2.34. The molecular weight excluding hydrogens is 337 g/mol. The molecular formula is C24H16FNO. The molecule has 0 unspecified atom stereocenters. The SMILES string of the molecule is Fc1ccnc(-c2ccc3oc4cccc(Cc5ccccc5)c4c3c2)c1. The number of hydrogen-bond donors (Lipinski definition) is 0. The molecule has 0 fully saturated rings. The van der Waals surface area contributed by atoms with Gasteiger partial charge in [-0.1, -0.05) is 42.5 Å². The first-order chi connectivity index (χ1) is 13.3. The summed E-state index contributed by atoms with van der Waals surface area (Å²) < 4.78 is 19.7. The summed E-state index contributed by atoms with van der Waals surface area (Å²) in [6.07, 6.45) is 2.32. The van der Waals surface area contributed by atoms with Crippen molar-refractivity contribution in [2.45, 2.75) is 6.42 Å². The van der Waals surface area contributed by atoms with Crippen molar-refractivity contribution >= 4 is 21.9 Å². The molecule has 0 N–H and O–H groups in total. The Morgan fingerprint density at radius 2 is 1.70 bits per heavy atom. The first-order valence-electron chi connectivity index (χ1n) is 8.88. The fourth-order valence-corrected chi connectivity index (χ4v) is 3.59. The Hall–Kier alpha value is -3.46. The average Bonchev–Trinajstić information content (AvgIpc) is 3.07. The number of hydrogen-bond acceptors (Lipinski definition) is 2. The minimum Gasteiger partial charge on any atom is -0.456 e. The fourth-order valence-electron chi connectivity index (χ4n) is 3.59. The van der Waals surface area contributed by atoms with E-state index in [9.17, 15) is 4.39 Å². The van der Waals surface area contributed by atoms with Gasteiger partial charge in [0.25, 0.3) is 0 Å². The molecule has 0 spiro atoms. The molecule has 3 aromatic carbocycles. The van der Waals surface area contributed by atoms with E-state index >= 15 is 0 Å². The summed E-state index contributed by atoms with van der Waals surface area (Å²) in [6, 6.07) is 25.2. The van der Waals surface area contributed by atoms with Crippen molar-refractivity contribution in [1.29, 1.82) is 0 Å². The number of furan rings is 1. The summed E-state index contributed by atoms with van der Waals surface area (Å²) >= 11 is 0. The lowest BCUT2D eigenvalue weighted by Gasteiger charge is -2.05. The molecule has 0 saturated carbocycles. The molecule has 5 rings (SSSR count). The molecule has 2 aromatic heterocycles. The molecule has 0 aliphatic carbocycles. The molecule has 2 nitrogen and oxygen atoms in total. The van der Waals surface area contributed by atoms with Gasteiger partial charge < -0.3 is 4.42 Å². The van der Waals surface area contributed by atoms with E-state index in [2.05, 4.69) is 35.3 Å². The highest BCUT2D eigenvalue weighted by atomic mass is 19.1. The van der Waals surface area contributed by atoms with E-state index in [1.807, 2.05) is 36.4 Å². The quantitative estimate of drug-likeness (QED) is 0.376. The van der Waals surface area contributed by atoms with E-state index in [0.29, 0.717) is 5.69 Å². The van der Waals surface area contributed by atoms with Gasteiger partial charge in [0.1, 0.15) is 17.0 Å². The Bertz CT molecular complexity index is 1260. The first-order valence-corrected chi connectivity index (χ1v) is 8.88. The molecule has 0 radical (unpaired) electrons. The fraction of sp³-hybridized carbons (Fsp3) is 0.0417. The highest BCUT2D eigenvalue weighted by Gasteiger charge is 2.13. The number of nitrogens with zero attached hydrogens (tertiary/aromatic N) is 1. The summed E-state index contributed by atoms with van der Waals surface area (Å²) in [5, 5.41) is 2.13. The second kappa shape index (κ2) is 6.36. The van der Waals surface area contributed by atoms with Crippen LogP contribution in [-0.4, -0.2) is 4.98 Å². The third-order valence-electron chi connectivity index (χ3n) is 4.84. The van der Waals surface area contributed by atoms with E-state index in [1.54, 1.807) is 0 Å². The summed E-state index contributed by atoms with van der Waals surface area (Å²) in [4.78, 5) is 4.30. The summed E-state index contributed by atoms with van der Waals surface area (Å²) in [5.41, 5.74) is 5.64. The minimum absolute atomic E-state index is 0.290. The molecule has 0 aliphatic heterocycles. The molecule has 0 aliphatic rings. The Morgan fingerprint density at radius 3 is 2.56 bits per heavy atom. The van der Waals surface area contributed by atoms with Crippen LogP contribution >= 0.6 is 0 Å². The van der Waals surface area contributed by atoms with Gasteiger partial charge >= 0.3 is 0 Å². The van der Waals surface area contributed by atoms with Crippen LogP contribution in [0, 0.1) is 5.82 Å². The van der Waals surface area contributed by atoms with Crippen molar-refractivity contribution < 1.29 is 8.81 Å². The van der Waals surface area contributed by atoms with Crippen LogP contribution in [0.3, 0.4) is 0 Å². The maximum atomic E-state index is 13.6. The molecule has 0 bridgehead atoms. The van der Waals surface area contributed by atoms with Crippen molar-refractivity contribution in [3.63, 3.8) is 0 Å². The number of pyridine rings is 1. The van der Waals surface area contributed by atoms with Gasteiger partial charge in [0.05, 0.1) is 5.69 Å². The van der Waals surface area contributed by atoms with Crippen molar-refractivity contribution in [1.82, 2.24) is 4.98 Å². The third-order valence-corrected chi connectivity index (χ3v) is 4.84. The van der Waals surface area contributed by atoms with Gasteiger partial charge in [-0.3, -0.25) is 4.98 Å². The molecule has 0 amide bonds. The average molecular weight is 353 g/mol. The highest BCUT2D eigenvalue weighted by molar-refractivity contribution is 6.08. The monoisotopic (exact) mass is 353 g/mol. The van der Waals surface area contributed by atoms with Crippen LogP contribution in [0.4, 0.5) is 4.39 Å². The lowest BCUT2D eigenvalue weighted by molar-refractivity contribution is 0.626. The Balaban J connectivity index is 1.70. The lowest BCUT2D eigenvalue weighted by Crippen LogP contribution is -1.89. The first kappa shape index (κ1) is 15.8. The van der Waals surface area contributed by atoms with Gasteiger partial charge in [-0.25, -0.2) is 4.39 Å². The zero-order valence-corrected chi connectivity index (χ0v) is 14.5. The van der Waals surface area contributed by atoms with Crippen molar-refractivity contribution in [2.24, 2.45) is 0 Å². The van der Waals surface area contributed by atoms with Gasteiger partial charge in [-0.15, -0.1) is 0 Å². The molecule has 2 heterocycles. The van der Waals surface area contributed by atoms with E-state index in [-0.39, 0.29) is 5.82 Å². The molecule has 5 aromatic rings. The minimum atomic E-state index is -0.290. The zero-order valence-electron chi connectivity index (χ0n) is 14.5. The van der Waals surface area contributed by atoms with Gasteiger partial charge in [0, 0.05) is 28.6 Å². The Morgan fingerprint density at radius 1 is 0.815 bits per heavy atom. The zero-order chi connectivity index (χ0) is 18.2. The standard InChI is InChI=1S/C24H16FNO/c25-19-11-12-26-21(15-19)17-9-10-22-20(14-17)24-18(7-4-8-23(24)27-22)13-16-5-2-1-3-6-16/h1-12,14-15H,13H2. The Labute approximate surface area is 155 Å². The predicted octanol–water partition coefficient (Wildman–Crippen LogP) is 6.38. The van der Waals surface area contributed by atoms with Crippen LogP contribution in [-0.2, 0) is 6.42 Å². The van der Waals surface area contributed by atoms with Gasteiger partial charge in [0.2, 0.25) is 0 Å². The topological polar surface area (TPSA) is 26.0 Å². The van der Waals surface area contributed by atoms with E-state index < -0.39 is 0 Å². The van der Waals surface area contributed by atoms with Crippen LogP contribution in [0.15, 0.2) is 89.5 Å². The molecule has 27 heavy (non-hydrogen) atoms. The van der Waals surface area contributed by atoms with Crippen molar-refractivity contribution in [2.75, 3.05) is 0 Å². The Kier molecular flexibility index (Phi) is 3.72. The summed E-state index contributed by atoms with van der Waals surface area (Å²) in [6.45, 7) is 0. The van der Waals surface area contributed by atoms with E-state index in [4.69, 9.17) is 4.42 Å². The van der Waals surface area contributed by atoms with Crippen molar-refractivity contribution in [3.05, 3.63) is 102 Å². The third kappa shape index (κ3) is 2.87. The number of fused-ring (bicyclic) bond motifs is 3. The van der Waals surface area contributed by atoms with Gasteiger partial charge in [-0.05, 0) is 47.9 Å². The molecule has 130 valence electrons. The van der Waals surface area contributed by atoms with E-state index in [1.165, 1.54) is 29.5 Å². The normalized spacial score (nSPS) is 11.3. The van der Waals surface area contributed by atoms with Gasteiger partial charge in [-0.2, -0.15) is 0 Å². The number of rotatable bonds is 3. The van der Waals surface area contributed by atoms with Gasteiger partial charge in [0.15, 0.2) is 0 Å². The van der Waals surface area contributed by atoms with E-state index in [0.717, 1.165) is 33.9 Å². The second-order valence-electron chi connectivity index (χ2n) is 6.62. The van der Waals surface area contributed by atoms with Crippen LogP contribution in [0.2, 0.25) is 0 Å². The molecule has 0 atom stereocenters. The predicted molar refractivity (Wildman–Crippen MR) is 106 cm³/mol. The smallest absolute Gasteiger partial charge is 0.135 e. The molecule has 0 saturated heterocycles.